The lowest BCUT2D eigenvalue weighted by Gasteiger charge is -2.22. The number of rotatable bonds is 4. The van der Waals surface area contributed by atoms with Crippen LogP contribution < -0.4 is 0 Å². The van der Waals surface area contributed by atoms with Gasteiger partial charge in [0.05, 0.1) is 0 Å². The van der Waals surface area contributed by atoms with Gasteiger partial charge in [0.2, 0.25) is 8.32 Å². The van der Waals surface area contributed by atoms with E-state index in [4.69, 9.17) is 15.8 Å². The highest BCUT2D eigenvalue weighted by molar-refractivity contribution is 6.76. The van der Waals surface area contributed by atoms with Crippen LogP contribution in [0.4, 0.5) is 0 Å². The van der Waals surface area contributed by atoms with E-state index in [0.29, 0.717) is 0 Å². The van der Waals surface area contributed by atoms with Gasteiger partial charge in [-0.1, -0.05) is 20.8 Å². The number of hydrogen-bond donors (Lipinski definition) is 0. The summed E-state index contributed by atoms with van der Waals surface area (Å²) in [6, 6.07) is 3.39. The van der Waals surface area contributed by atoms with E-state index in [0.717, 1.165) is 18.1 Å². The molecule has 0 unspecified atom stereocenters. The van der Waals surface area contributed by atoms with E-state index in [1.54, 1.807) is 0 Å². The van der Waals surface area contributed by atoms with Crippen LogP contribution in [0.15, 0.2) is 0 Å². The van der Waals surface area contributed by atoms with Crippen molar-refractivity contribution in [3.05, 3.63) is 0 Å². The van der Waals surface area contributed by atoms with Gasteiger partial charge in [0.25, 0.3) is 0 Å². The average molecular weight is 167 g/mol. The van der Waals surface area contributed by atoms with Crippen molar-refractivity contribution in [1.29, 1.82) is 0 Å². The maximum Gasteiger partial charge on any atom is 0.219 e. The summed E-state index contributed by atoms with van der Waals surface area (Å²) in [5, 5.41) is 0. The van der Waals surface area contributed by atoms with Crippen molar-refractivity contribution in [2.24, 2.45) is 0 Å². The van der Waals surface area contributed by atoms with Gasteiger partial charge in [0.15, 0.2) is 0 Å². The summed E-state index contributed by atoms with van der Waals surface area (Å²) in [5.41, 5.74) is 0. The van der Waals surface area contributed by atoms with E-state index in [1.165, 1.54) is 0 Å². The van der Waals surface area contributed by atoms with Gasteiger partial charge in [-0.05, 0) is 18.1 Å². The Balaban J connectivity index is 3.82. The molecule has 0 aromatic carbocycles. The van der Waals surface area contributed by atoms with Crippen molar-refractivity contribution < 1.29 is 3.98 Å². The first-order valence-electron chi connectivity index (χ1n) is 3.54. The highest BCUT2D eigenvalue weighted by Gasteiger charge is 2.28. The summed E-state index contributed by atoms with van der Waals surface area (Å²) in [4.78, 5) is 0. The third kappa shape index (κ3) is 2.28. The van der Waals surface area contributed by atoms with E-state index < -0.39 is 8.32 Å². The lowest BCUT2D eigenvalue weighted by Crippen LogP contribution is -2.31. The molecule has 0 rings (SSSR count). The first-order valence-corrected chi connectivity index (χ1v) is 6.38. The molecule has 0 aromatic rings. The smallest absolute Gasteiger partial charge is 0.219 e. The highest BCUT2D eigenvalue weighted by atomic mass is 35.5. The SMILES string of the molecule is CC[Si](CC)(CC)OCl. The summed E-state index contributed by atoms with van der Waals surface area (Å²) in [7, 11) is -1.43. The minimum atomic E-state index is -1.43. The fourth-order valence-corrected chi connectivity index (χ4v) is 3.72. The Morgan fingerprint density at radius 1 is 1.11 bits per heavy atom. The van der Waals surface area contributed by atoms with E-state index in [2.05, 4.69) is 20.8 Å². The minimum absolute atomic E-state index is 1.13. The second-order valence-electron chi connectivity index (χ2n) is 2.32. The quantitative estimate of drug-likeness (QED) is 0.583. The fourth-order valence-electron chi connectivity index (χ4n) is 0.914. The van der Waals surface area contributed by atoms with Crippen LogP contribution >= 0.6 is 11.9 Å². The van der Waals surface area contributed by atoms with Crippen LogP contribution in [0.25, 0.3) is 0 Å². The first-order chi connectivity index (χ1) is 4.24. The number of hydrogen-bond acceptors (Lipinski definition) is 1. The standard InChI is InChI=1S/C6H15ClOSi/c1-4-9(5-2,6-3)8-7/h4-6H2,1-3H3. The van der Waals surface area contributed by atoms with Crippen LogP contribution in [0.2, 0.25) is 18.1 Å². The zero-order valence-electron chi connectivity index (χ0n) is 6.41. The molecule has 0 atom stereocenters. The summed E-state index contributed by atoms with van der Waals surface area (Å²) >= 11 is 5.39. The maximum atomic E-state index is 5.39. The normalized spacial score (nSPS) is 12.0. The lowest BCUT2D eigenvalue weighted by atomic mass is 10.9. The van der Waals surface area contributed by atoms with Crippen molar-refractivity contribution in [2.75, 3.05) is 0 Å². The predicted molar refractivity (Wildman–Crippen MR) is 44.1 cm³/mol. The molecule has 0 saturated carbocycles. The summed E-state index contributed by atoms with van der Waals surface area (Å²) in [6.07, 6.45) is 0. The lowest BCUT2D eigenvalue weighted by molar-refractivity contribution is 0.590. The van der Waals surface area contributed by atoms with Gasteiger partial charge in [-0.25, -0.2) is 0 Å². The second-order valence-corrected chi connectivity index (χ2v) is 7.43. The van der Waals surface area contributed by atoms with Crippen LogP contribution in [0.3, 0.4) is 0 Å². The minimum Gasteiger partial charge on any atom is -0.324 e. The molecular weight excluding hydrogens is 152 g/mol. The van der Waals surface area contributed by atoms with Crippen LogP contribution in [-0.4, -0.2) is 8.32 Å². The van der Waals surface area contributed by atoms with E-state index in [1.807, 2.05) is 0 Å². The van der Waals surface area contributed by atoms with Gasteiger partial charge in [0.1, 0.15) is 0 Å². The van der Waals surface area contributed by atoms with Crippen molar-refractivity contribution in [3.8, 4) is 0 Å². The Kier molecular flexibility index (Phi) is 4.53. The van der Waals surface area contributed by atoms with Gasteiger partial charge in [0, 0.05) is 11.9 Å². The molecular formula is C6H15ClOSi. The predicted octanol–water partition coefficient (Wildman–Crippen LogP) is 3.16. The molecule has 3 heteroatoms. The Morgan fingerprint density at radius 3 is 1.44 bits per heavy atom. The molecule has 0 aliphatic carbocycles. The average Bonchev–Trinajstić information content (AvgIpc) is 1.95. The monoisotopic (exact) mass is 166 g/mol. The molecule has 0 heterocycles. The van der Waals surface area contributed by atoms with Crippen molar-refractivity contribution in [1.82, 2.24) is 0 Å². The molecule has 9 heavy (non-hydrogen) atoms. The number of halogens is 1. The Morgan fingerprint density at radius 2 is 1.44 bits per heavy atom. The molecule has 0 spiro atoms. The summed E-state index contributed by atoms with van der Waals surface area (Å²) < 4.78 is 5.00. The van der Waals surface area contributed by atoms with Gasteiger partial charge >= 0.3 is 0 Å². The molecule has 56 valence electrons. The van der Waals surface area contributed by atoms with E-state index in [9.17, 15) is 0 Å². The van der Waals surface area contributed by atoms with Crippen molar-refractivity contribution in [2.45, 2.75) is 38.9 Å². The van der Waals surface area contributed by atoms with Crippen LogP contribution in [0.5, 0.6) is 0 Å². The Bertz CT molecular complexity index is 55.9. The molecule has 0 aromatic heterocycles. The van der Waals surface area contributed by atoms with Crippen molar-refractivity contribution in [3.63, 3.8) is 0 Å². The third-order valence-corrected chi connectivity index (χ3v) is 7.27. The van der Waals surface area contributed by atoms with Crippen molar-refractivity contribution >= 4 is 20.2 Å². The molecule has 0 N–H and O–H groups in total. The largest absolute Gasteiger partial charge is 0.324 e. The van der Waals surface area contributed by atoms with E-state index in [-0.39, 0.29) is 0 Å². The summed E-state index contributed by atoms with van der Waals surface area (Å²) in [5.74, 6) is 0. The molecule has 0 radical (unpaired) electrons. The molecule has 1 nitrogen and oxygen atoms in total. The van der Waals surface area contributed by atoms with Crippen LogP contribution in [-0.2, 0) is 3.98 Å². The fraction of sp³-hybridized carbons (Fsp3) is 1.00. The molecule has 0 amide bonds. The van der Waals surface area contributed by atoms with Gasteiger partial charge in [-0.15, -0.1) is 0 Å². The zero-order chi connectivity index (χ0) is 7.33. The topological polar surface area (TPSA) is 9.23 Å². The third-order valence-electron chi connectivity index (χ3n) is 2.10. The Labute approximate surface area is 63.7 Å². The van der Waals surface area contributed by atoms with Crippen LogP contribution in [0, 0.1) is 0 Å². The highest BCUT2D eigenvalue weighted by Crippen LogP contribution is 2.22. The molecule has 0 bridgehead atoms. The van der Waals surface area contributed by atoms with Gasteiger partial charge < -0.3 is 3.98 Å². The van der Waals surface area contributed by atoms with Gasteiger partial charge in [-0.3, -0.25) is 0 Å². The molecule has 0 saturated heterocycles. The van der Waals surface area contributed by atoms with Crippen LogP contribution in [0.1, 0.15) is 20.8 Å². The molecule has 0 aliphatic heterocycles. The van der Waals surface area contributed by atoms with Gasteiger partial charge in [-0.2, -0.15) is 0 Å². The maximum absolute atomic E-state index is 5.39. The second kappa shape index (κ2) is 4.31. The van der Waals surface area contributed by atoms with E-state index >= 15 is 0 Å². The Hall–Kier alpha value is 0.467. The first kappa shape index (κ1) is 9.47. The zero-order valence-corrected chi connectivity index (χ0v) is 8.16. The molecule has 0 aliphatic rings. The summed E-state index contributed by atoms with van der Waals surface area (Å²) in [6.45, 7) is 6.46. The molecule has 0 fully saturated rings.